The number of nitrogens with zero attached hydrogens (tertiary/aromatic N) is 5. The summed E-state index contributed by atoms with van der Waals surface area (Å²) in [7, 11) is 0. The highest BCUT2D eigenvalue weighted by atomic mass is 16.6. The highest BCUT2D eigenvalue weighted by molar-refractivity contribution is 6.05. The number of anilines is 1. The van der Waals surface area contributed by atoms with Gasteiger partial charge in [-0.25, -0.2) is 0 Å². The zero-order valence-corrected chi connectivity index (χ0v) is 16.7. The van der Waals surface area contributed by atoms with Crippen LogP contribution in [0.2, 0.25) is 0 Å². The molecule has 0 aliphatic heterocycles. The van der Waals surface area contributed by atoms with Crippen molar-refractivity contribution < 1.29 is 14.2 Å². The second-order valence-electron chi connectivity index (χ2n) is 6.93. The van der Waals surface area contributed by atoms with Gasteiger partial charge in [-0.05, 0) is 24.6 Å². The van der Waals surface area contributed by atoms with Crippen molar-refractivity contribution in [2.24, 2.45) is 0 Å². The third kappa shape index (κ3) is 4.35. The second-order valence-corrected chi connectivity index (χ2v) is 6.93. The maximum absolute atomic E-state index is 13.6. The third-order valence-corrected chi connectivity index (χ3v) is 4.83. The number of hydrogen-bond acceptors (Lipinski definition) is 6. The molecule has 0 saturated heterocycles. The molecule has 9 heteroatoms. The van der Waals surface area contributed by atoms with E-state index in [1.54, 1.807) is 11.8 Å². The molecule has 0 aliphatic carbocycles. The quantitative estimate of drug-likeness (QED) is 0.332. The lowest BCUT2D eigenvalue weighted by atomic mass is 10.1. The third-order valence-electron chi connectivity index (χ3n) is 4.83. The van der Waals surface area contributed by atoms with Gasteiger partial charge in [-0.2, -0.15) is 5.10 Å². The van der Waals surface area contributed by atoms with Gasteiger partial charge in [0.25, 0.3) is 5.91 Å². The number of carbonyl (C=O) groups is 1. The number of rotatable bonds is 7. The van der Waals surface area contributed by atoms with Gasteiger partial charge in [0, 0.05) is 11.3 Å². The van der Waals surface area contributed by atoms with Gasteiger partial charge in [0.15, 0.2) is 5.69 Å². The fourth-order valence-electron chi connectivity index (χ4n) is 3.22. The van der Waals surface area contributed by atoms with Gasteiger partial charge in [-0.15, -0.1) is 0 Å². The van der Waals surface area contributed by atoms with Gasteiger partial charge in [0.1, 0.15) is 18.2 Å². The molecular weight excluding hydrogens is 398 g/mol. The molecule has 0 N–H and O–H groups in total. The Morgan fingerprint density at radius 2 is 1.81 bits per heavy atom. The maximum atomic E-state index is 13.6. The fourth-order valence-corrected chi connectivity index (χ4v) is 3.22. The molecule has 2 aromatic heterocycles. The molecule has 0 aliphatic rings. The van der Waals surface area contributed by atoms with Gasteiger partial charge >= 0.3 is 5.69 Å². The van der Waals surface area contributed by atoms with Crippen LogP contribution in [0.5, 0.6) is 0 Å². The van der Waals surface area contributed by atoms with Gasteiger partial charge < -0.3 is 9.42 Å². The van der Waals surface area contributed by atoms with E-state index < -0.39 is 4.92 Å². The van der Waals surface area contributed by atoms with Gasteiger partial charge in [0.05, 0.1) is 18.0 Å². The summed E-state index contributed by atoms with van der Waals surface area (Å²) in [4.78, 5) is 25.6. The molecule has 156 valence electrons. The van der Waals surface area contributed by atoms with Crippen molar-refractivity contribution in [1.82, 2.24) is 14.9 Å². The number of carbonyl (C=O) groups excluding carboxylic acids is 1. The van der Waals surface area contributed by atoms with Crippen molar-refractivity contribution in [3.63, 3.8) is 0 Å². The molecule has 9 nitrogen and oxygen atoms in total. The molecule has 0 bridgehead atoms. The van der Waals surface area contributed by atoms with E-state index in [4.69, 9.17) is 4.52 Å². The van der Waals surface area contributed by atoms with Crippen LogP contribution < -0.4 is 4.90 Å². The first kappa shape index (κ1) is 20.0. The first-order valence-electron chi connectivity index (χ1n) is 9.56. The molecule has 0 unspecified atom stereocenters. The molecular formula is C22H19N5O4. The number of hydrogen-bond donors (Lipinski definition) is 0. The summed E-state index contributed by atoms with van der Waals surface area (Å²) in [5.41, 5.74) is 2.23. The Hall–Kier alpha value is -4.27. The summed E-state index contributed by atoms with van der Waals surface area (Å²) in [6.45, 7) is 2.17. The molecule has 0 radical (unpaired) electrons. The molecule has 2 heterocycles. The molecule has 0 fully saturated rings. The van der Waals surface area contributed by atoms with Crippen molar-refractivity contribution in [2.45, 2.75) is 20.0 Å². The van der Waals surface area contributed by atoms with Crippen LogP contribution in [0.3, 0.4) is 0 Å². The lowest BCUT2D eigenvalue weighted by Crippen LogP contribution is -2.31. The number of benzene rings is 2. The average Bonchev–Trinajstić information content (AvgIpc) is 3.41. The molecule has 0 atom stereocenters. The van der Waals surface area contributed by atoms with E-state index in [-0.39, 0.29) is 23.8 Å². The average molecular weight is 417 g/mol. The van der Waals surface area contributed by atoms with Gasteiger partial charge in [-0.3, -0.25) is 19.6 Å². The Morgan fingerprint density at radius 1 is 1.13 bits per heavy atom. The minimum absolute atomic E-state index is 0.123. The predicted molar refractivity (Wildman–Crippen MR) is 113 cm³/mol. The Labute approximate surface area is 177 Å². The topological polar surface area (TPSA) is 107 Å². The molecule has 0 spiro atoms. The van der Waals surface area contributed by atoms with Crippen molar-refractivity contribution in [2.75, 3.05) is 4.90 Å². The Morgan fingerprint density at radius 3 is 2.45 bits per heavy atom. The smallest absolute Gasteiger partial charge is 0.307 e. The molecule has 31 heavy (non-hydrogen) atoms. The number of amides is 1. The van der Waals surface area contributed by atoms with Gasteiger partial charge in [0.2, 0.25) is 0 Å². The number of aromatic nitrogens is 3. The van der Waals surface area contributed by atoms with E-state index in [0.717, 1.165) is 17.4 Å². The normalized spacial score (nSPS) is 10.7. The molecule has 0 saturated carbocycles. The largest absolute Gasteiger partial charge is 0.361 e. The van der Waals surface area contributed by atoms with Crippen LogP contribution in [0.15, 0.2) is 77.6 Å². The summed E-state index contributed by atoms with van der Waals surface area (Å²) in [6.07, 6.45) is 2.47. The SMILES string of the molecule is Cc1onc(C(=O)N(Cc2ccccc2)c2ccccc2)c1Cn1cc([N+](=O)[O-])cn1. The second kappa shape index (κ2) is 8.62. The maximum Gasteiger partial charge on any atom is 0.307 e. The minimum atomic E-state index is -0.521. The Balaban J connectivity index is 1.68. The molecule has 4 rings (SSSR count). The summed E-state index contributed by atoms with van der Waals surface area (Å²) >= 11 is 0. The fraction of sp³-hybridized carbons (Fsp3) is 0.136. The van der Waals surface area contributed by atoms with Crippen molar-refractivity contribution >= 4 is 17.3 Å². The van der Waals surface area contributed by atoms with Crippen LogP contribution >= 0.6 is 0 Å². The highest BCUT2D eigenvalue weighted by Crippen LogP contribution is 2.23. The molecule has 4 aromatic rings. The van der Waals surface area contributed by atoms with Crippen molar-refractivity contribution in [3.05, 3.63) is 106 Å². The summed E-state index contributed by atoms with van der Waals surface area (Å²) < 4.78 is 6.69. The van der Waals surface area contributed by atoms with Crippen LogP contribution in [0, 0.1) is 17.0 Å². The predicted octanol–water partition coefficient (Wildman–Crippen LogP) is 3.98. The van der Waals surface area contributed by atoms with Crippen LogP contribution in [0.4, 0.5) is 11.4 Å². The summed E-state index contributed by atoms with van der Waals surface area (Å²) in [6, 6.07) is 18.9. The minimum Gasteiger partial charge on any atom is -0.361 e. The number of para-hydroxylation sites is 1. The van der Waals surface area contributed by atoms with Crippen LogP contribution in [-0.2, 0) is 13.1 Å². The number of nitro groups is 1. The highest BCUT2D eigenvalue weighted by Gasteiger charge is 2.27. The van der Waals surface area contributed by atoms with Crippen LogP contribution in [0.1, 0.15) is 27.4 Å². The first-order valence-corrected chi connectivity index (χ1v) is 9.56. The monoisotopic (exact) mass is 417 g/mol. The van der Waals surface area contributed by atoms with E-state index in [1.165, 1.54) is 10.9 Å². The Bertz CT molecular complexity index is 1200. The van der Waals surface area contributed by atoms with E-state index in [1.807, 2.05) is 60.7 Å². The lowest BCUT2D eigenvalue weighted by Gasteiger charge is -2.22. The van der Waals surface area contributed by atoms with E-state index in [2.05, 4.69) is 10.3 Å². The Kier molecular flexibility index (Phi) is 5.57. The van der Waals surface area contributed by atoms with Crippen LogP contribution in [0.25, 0.3) is 0 Å². The van der Waals surface area contributed by atoms with Crippen molar-refractivity contribution in [1.29, 1.82) is 0 Å². The molecule has 2 aromatic carbocycles. The summed E-state index contributed by atoms with van der Waals surface area (Å²) in [5, 5.41) is 18.9. The van der Waals surface area contributed by atoms with E-state index >= 15 is 0 Å². The van der Waals surface area contributed by atoms with E-state index in [0.29, 0.717) is 17.9 Å². The zero-order chi connectivity index (χ0) is 21.8. The first-order chi connectivity index (χ1) is 15.0. The van der Waals surface area contributed by atoms with Crippen LogP contribution in [-0.4, -0.2) is 25.8 Å². The van der Waals surface area contributed by atoms with Gasteiger partial charge in [-0.1, -0.05) is 53.7 Å². The standard InChI is InChI=1S/C22H19N5O4/c1-16-20(15-25-14-19(12-23-25)27(29)30)21(24-31-16)22(28)26(18-10-6-3-7-11-18)13-17-8-4-2-5-9-17/h2-12,14H,13,15H2,1H3. The zero-order valence-electron chi connectivity index (χ0n) is 16.7. The van der Waals surface area contributed by atoms with Crippen molar-refractivity contribution in [3.8, 4) is 0 Å². The van der Waals surface area contributed by atoms with E-state index in [9.17, 15) is 14.9 Å². The lowest BCUT2D eigenvalue weighted by molar-refractivity contribution is -0.385. The summed E-state index contributed by atoms with van der Waals surface area (Å²) in [5.74, 6) is 0.123. The molecule has 1 amide bonds. The number of aryl methyl sites for hydroxylation is 1.